The normalized spacial score (nSPS) is 11.8. The maximum absolute atomic E-state index is 9.97. The minimum absolute atomic E-state index is 0. The molecule has 0 aromatic rings. The zero-order valence-corrected chi connectivity index (χ0v) is 17.2. The van der Waals surface area contributed by atoms with E-state index in [0.29, 0.717) is 12.8 Å². The van der Waals surface area contributed by atoms with Crippen LogP contribution in [0.3, 0.4) is 0 Å². The van der Waals surface area contributed by atoms with Gasteiger partial charge < -0.3 is 31.3 Å². The summed E-state index contributed by atoms with van der Waals surface area (Å²) in [5, 5.41) is 19.9. The minimum Gasteiger partial charge on any atom is -0.548 e. The van der Waals surface area contributed by atoms with Crippen LogP contribution in [0.1, 0.15) is 52.4 Å². The molecule has 8 heteroatoms. The molecule has 108 valence electrons. The Morgan fingerprint density at radius 1 is 0.850 bits per heavy atom. The van der Waals surface area contributed by atoms with Crippen molar-refractivity contribution in [2.45, 2.75) is 64.5 Å². The average Bonchev–Trinajstić information content (AvgIpc) is 2.33. The molecule has 0 saturated carbocycles. The van der Waals surface area contributed by atoms with Crippen molar-refractivity contribution in [3.05, 3.63) is 0 Å². The molecule has 6 nitrogen and oxygen atoms in total. The van der Waals surface area contributed by atoms with Gasteiger partial charge in [-0.2, -0.15) is 0 Å². The fourth-order valence-electron chi connectivity index (χ4n) is 1.08. The first-order valence-electron chi connectivity index (χ1n) is 6.29. The first-order chi connectivity index (χ1) is 8.36. The standard InChI is InChI=1S/2C6H13NO2.2Na/c2*1-2-3-4-5(7)6(8)9;;/h2*5H,2-4,7H2,1H3,(H,8,9);;/q;;2*+1/p-2. The summed E-state index contributed by atoms with van der Waals surface area (Å²) in [6.45, 7) is 3.98. The molecule has 0 aliphatic rings. The summed E-state index contributed by atoms with van der Waals surface area (Å²) < 4.78 is 0. The number of carbonyl (C=O) groups is 2. The molecule has 4 N–H and O–H groups in total. The van der Waals surface area contributed by atoms with Gasteiger partial charge in [0.25, 0.3) is 0 Å². The third-order valence-corrected chi connectivity index (χ3v) is 2.34. The van der Waals surface area contributed by atoms with Gasteiger partial charge in [0.15, 0.2) is 0 Å². The molecule has 0 rings (SSSR count). The Bertz CT molecular complexity index is 219. The maximum atomic E-state index is 9.97. The van der Waals surface area contributed by atoms with E-state index < -0.39 is 24.0 Å². The van der Waals surface area contributed by atoms with Crippen molar-refractivity contribution < 1.29 is 78.9 Å². The fourth-order valence-corrected chi connectivity index (χ4v) is 1.08. The Hall–Kier alpha value is 0.860. The molecule has 2 atom stereocenters. The number of carboxylic acids is 2. The number of nitrogens with two attached hydrogens (primary N) is 2. The molecule has 0 amide bonds. The van der Waals surface area contributed by atoms with Gasteiger partial charge >= 0.3 is 59.1 Å². The summed E-state index contributed by atoms with van der Waals surface area (Å²) in [4.78, 5) is 19.9. The van der Waals surface area contributed by atoms with Crippen LogP contribution < -0.4 is 80.8 Å². The van der Waals surface area contributed by atoms with E-state index in [1.165, 1.54) is 0 Å². The van der Waals surface area contributed by atoms with E-state index in [2.05, 4.69) is 0 Å². The smallest absolute Gasteiger partial charge is 0.548 e. The van der Waals surface area contributed by atoms with Gasteiger partial charge in [0.1, 0.15) is 0 Å². The van der Waals surface area contributed by atoms with Crippen LogP contribution in [0.5, 0.6) is 0 Å². The summed E-state index contributed by atoms with van der Waals surface area (Å²) >= 11 is 0. The van der Waals surface area contributed by atoms with Gasteiger partial charge in [0, 0.05) is 12.1 Å². The number of hydrogen-bond donors (Lipinski definition) is 2. The molecule has 0 saturated heterocycles. The molecule has 0 radical (unpaired) electrons. The van der Waals surface area contributed by atoms with Crippen LogP contribution in [-0.4, -0.2) is 24.0 Å². The number of carboxylic acid groups (broad SMARTS) is 2. The van der Waals surface area contributed by atoms with E-state index in [1.54, 1.807) is 0 Å². The van der Waals surface area contributed by atoms with Crippen LogP contribution in [0.2, 0.25) is 0 Å². The second-order valence-corrected chi connectivity index (χ2v) is 4.14. The van der Waals surface area contributed by atoms with Crippen molar-refractivity contribution in [3.8, 4) is 0 Å². The minimum atomic E-state index is -1.15. The van der Waals surface area contributed by atoms with Crippen LogP contribution in [0.15, 0.2) is 0 Å². The Kier molecular flexibility index (Phi) is 28.7. The molecule has 0 heterocycles. The van der Waals surface area contributed by atoms with Crippen LogP contribution >= 0.6 is 0 Å². The second kappa shape index (κ2) is 19.9. The largest absolute Gasteiger partial charge is 1.00 e. The van der Waals surface area contributed by atoms with Crippen molar-refractivity contribution in [2.75, 3.05) is 0 Å². The Labute approximate surface area is 165 Å². The molecule has 0 aromatic carbocycles. The third-order valence-electron chi connectivity index (χ3n) is 2.34. The van der Waals surface area contributed by atoms with E-state index in [0.717, 1.165) is 25.7 Å². The zero-order chi connectivity index (χ0) is 14.6. The topological polar surface area (TPSA) is 132 Å². The van der Waals surface area contributed by atoms with E-state index in [-0.39, 0.29) is 59.1 Å². The molecule has 2 unspecified atom stereocenters. The SMILES string of the molecule is CCCCC(N)C(=O)[O-].CCCCC(N)C(=O)[O-].[Na+].[Na+]. The van der Waals surface area contributed by atoms with E-state index in [4.69, 9.17) is 11.5 Å². The number of unbranched alkanes of at least 4 members (excludes halogenated alkanes) is 2. The maximum Gasteiger partial charge on any atom is 1.00 e. The quantitative estimate of drug-likeness (QED) is 0.428. The first-order valence-corrected chi connectivity index (χ1v) is 6.29. The number of carbonyl (C=O) groups excluding carboxylic acids is 2. The van der Waals surface area contributed by atoms with E-state index in [1.807, 2.05) is 13.8 Å². The first kappa shape index (κ1) is 28.9. The van der Waals surface area contributed by atoms with Gasteiger partial charge in [-0.05, 0) is 12.8 Å². The molecule has 0 aliphatic carbocycles. The summed E-state index contributed by atoms with van der Waals surface area (Å²) in [6.07, 6.45) is 4.71. The molecule has 0 aromatic heterocycles. The van der Waals surface area contributed by atoms with Crippen molar-refractivity contribution in [2.24, 2.45) is 11.5 Å². The van der Waals surface area contributed by atoms with Gasteiger partial charge in [-0.25, -0.2) is 0 Å². The Balaban J connectivity index is -0.000000116. The van der Waals surface area contributed by atoms with Gasteiger partial charge in [0.2, 0.25) is 0 Å². The summed E-state index contributed by atoms with van der Waals surface area (Å²) in [5.74, 6) is -2.30. The zero-order valence-electron chi connectivity index (χ0n) is 13.2. The molecular weight excluding hydrogens is 282 g/mol. The summed E-state index contributed by atoms with van der Waals surface area (Å²) in [5.41, 5.74) is 10.3. The van der Waals surface area contributed by atoms with Gasteiger partial charge in [0.05, 0.1) is 11.9 Å². The molecule has 20 heavy (non-hydrogen) atoms. The Morgan fingerprint density at radius 3 is 1.25 bits per heavy atom. The summed E-state index contributed by atoms with van der Waals surface area (Å²) in [6, 6.07) is -1.55. The molecule has 0 aliphatic heterocycles. The second-order valence-electron chi connectivity index (χ2n) is 4.14. The van der Waals surface area contributed by atoms with Crippen LogP contribution in [-0.2, 0) is 9.59 Å². The molecule has 0 fully saturated rings. The monoisotopic (exact) mass is 306 g/mol. The van der Waals surface area contributed by atoms with Gasteiger partial charge in [-0.15, -0.1) is 0 Å². The molecular formula is C12H24N2Na2O4. The predicted molar refractivity (Wildman–Crippen MR) is 65.0 cm³/mol. The van der Waals surface area contributed by atoms with Crippen molar-refractivity contribution >= 4 is 11.9 Å². The number of hydrogen-bond acceptors (Lipinski definition) is 6. The average molecular weight is 306 g/mol. The van der Waals surface area contributed by atoms with Crippen molar-refractivity contribution in [1.82, 2.24) is 0 Å². The third kappa shape index (κ3) is 21.2. The number of aliphatic carboxylic acids is 2. The fraction of sp³-hybridized carbons (Fsp3) is 0.833. The van der Waals surface area contributed by atoms with Crippen molar-refractivity contribution in [3.63, 3.8) is 0 Å². The van der Waals surface area contributed by atoms with Crippen molar-refractivity contribution in [1.29, 1.82) is 0 Å². The molecule has 0 spiro atoms. The predicted octanol–water partition coefficient (Wildman–Crippen LogP) is -7.48. The molecule has 0 bridgehead atoms. The van der Waals surface area contributed by atoms with E-state index >= 15 is 0 Å². The van der Waals surface area contributed by atoms with Crippen LogP contribution in [0.25, 0.3) is 0 Å². The van der Waals surface area contributed by atoms with Gasteiger partial charge in [-0.3, -0.25) is 0 Å². The van der Waals surface area contributed by atoms with Crippen LogP contribution in [0.4, 0.5) is 0 Å². The van der Waals surface area contributed by atoms with E-state index in [9.17, 15) is 19.8 Å². The van der Waals surface area contributed by atoms with Crippen LogP contribution in [0, 0.1) is 0 Å². The Morgan fingerprint density at radius 2 is 1.10 bits per heavy atom. The number of rotatable bonds is 8. The summed E-state index contributed by atoms with van der Waals surface area (Å²) in [7, 11) is 0. The van der Waals surface area contributed by atoms with Gasteiger partial charge in [-0.1, -0.05) is 39.5 Å².